The maximum absolute atomic E-state index is 13.2. The van der Waals surface area contributed by atoms with Gasteiger partial charge in [0, 0.05) is 11.1 Å². The van der Waals surface area contributed by atoms with Crippen LogP contribution in [-0.4, -0.2) is 36.1 Å². The number of nitrogens with one attached hydrogen (secondary N) is 1. The highest BCUT2D eigenvalue weighted by molar-refractivity contribution is 5.95. The standard InChI is InChI=1S/C22H18FN5O4/c1-13-17(11-24)22(30)28(16-9-7-15(23)8-10-16)27-19(13)21(29)26-25-12-14-5-4-6-18(31-2)20(14)32-3/h4-10,12H,1-3H3,(H,26,29)/b25-12+. The summed E-state index contributed by atoms with van der Waals surface area (Å²) in [6.07, 6.45) is 1.36. The molecule has 162 valence electrons. The minimum Gasteiger partial charge on any atom is -0.493 e. The third-order valence-electron chi connectivity index (χ3n) is 4.54. The molecular weight excluding hydrogens is 417 g/mol. The van der Waals surface area contributed by atoms with Crippen molar-refractivity contribution in [3.8, 4) is 23.3 Å². The average molecular weight is 435 g/mol. The molecule has 2 aromatic carbocycles. The fourth-order valence-corrected chi connectivity index (χ4v) is 2.94. The maximum Gasteiger partial charge on any atom is 0.292 e. The van der Waals surface area contributed by atoms with Crippen molar-refractivity contribution in [2.75, 3.05) is 14.2 Å². The summed E-state index contributed by atoms with van der Waals surface area (Å²) >= 11 is 0. The Labute approximate surface area is 182 Å². The summed E-state index contributed by atoms with van der Waals surface area (Å²) in [5, 5.41) is 17.4. The number of ether oxygens (including phenoxy) is 2. The second-order valence-corrected chi connectivity index (χ2v) is 6.44. The molecule has 1 amide bonds. The summed E-state index contributed by atoms with van der Waals surface area (Å²) in [6, 6.07) is 11.9. The minimum absolute atomic E-state index is 0.0996. The smallest absolute Gasteiger partial charge is 0.292 e. The molecule has 0 spiro atoms. The van der Waals surface area contributed by atoms with E-state index in [0.717, 1.165) is 16.8 Å². The van der Waals surface area contributed by atoms with Gasteiger partial charge in [0.15, 0.2) is 17.2 Å². The molecule has 0 saturated heterocycles. The van der Waals surface area contributed by atoms with Gasteiger partial charge in [-0.05, 0) is 43.3 Å². The predicted octanol–water partition coefficient (Wildman–Crippen LogP) is 2.33. The number of amides is 1. The van der Waals surface area contributed by atoms with Crippen molar-refractivity contribution in [1.82, 2.24) is 15.2 Å². The predicted molar refractivity (Wildman–Crippen MR) is 114 cm³/mol. The van der Waals surface area contributed by atoms with E-state index in [0.29, 0.717) is 17.1 Å². The molecule has 1 heterocycles. The van der Waals surface area contributed by atoms with E-state index in [1.54, 1.807) is 24.3 Å². The van der Waals surface area contributed by atoms with E-state index in [1.807, 2.05) is 0 Å². The van der Waals surface area contributed by atoms with E-state index in [4.69, 9.17) is 9.47 Å². The molecule has 0 unspecified atom stereocenters. The van der Waals surface area contributed by atoms with Gasteiger partial charge in [-0.25, -0.2) is 9.82 Å². The van der Waals surface area contributed by atoms with E-state index < -0.39 is 17.3 Å². The molecule has 1 aromatic heterocycles. The lowest BCUT2D eigenvalue weighted by molar-refractivity contribution is 0.0947. The molecule has 0 aliphatic rings. The van der Waals surface area contributed by atoms with Crippen molar-refractivity contribution in [3.05, 3.63) is 81.0 Å². The zero-order valence-electron chi connectivity index (χ0n) is 17.4. The lowest BCUT2D eigenvalue weighted by atomic mass is 10.1. The Balaban J connectivity index is 1.96. The number of rotatable bonds is 6. The van der Waals surface area contributed by atoms with Gasteiger partial charge in [-0.1, -0.05) is 6.07 Å². The van der Waals surface area contributed by atoms with Crippen LogP contribution in [0, 0.1) is 24.1 Å². The fourth-order valence-electron chi connectivity index (χ4n) is 2.94. The fraction of sp³-hybridized carbons (Fsp3) is 0.136. The van der Waals surface area contributed by atoms with Crippen LogP contribution in [0.5, 0.6) is 11.5 Å². The molecule has 0 radical (unpaired) electrons. The second-order valence-electron chi connectivity index (χ2n) is 6.44. The Morgan fingerprint density at radius 3 is 2.56 bits per heavy atom. The number of hydrazone groups is 1. The third-order valence-corrected chi connectivity index (χ3v) is 4.54. The minimum atomic E-state index is -0.743. The first-order valence-electron chi connectivity index (χ1n) is 9.25. The van der Waals surface area contributed by atoms with E-state index >= 15 is 0 Å². The molecule has 3 rings (SSSR count). The Kier molecular flexibility index (Phi) is 6.60. The van der Waals surface area contributed by atoms with Gasteiger partial charge in [-0.15, -0.1) is 0 Å². The first kappa shape index (κ1) is 22.2. The molecule has 0 saturated carbocycles. The maximum atomic E-state index is 13.2. The van der Waals surface area contributed by atoms with E-state index in [-0.39, 0.29) is 22.5 Å². The third kappa shape index (κ3) is 4.32. The highest BCUT2D eigenvalue weighted by Gasteiger charge is 2.20. The lowest BCUT2D eigenvalue weighted by Crippen LogP contribution is -2.31. The number of benzene rings is 2. The zero-order chi connectivity index (χ0) is 23.3. The van der Waals surface area contributed by atoms with Gasteiger partial charge in [0.05, 0.1) is 26.1 Å². The van der Waals surface area contributed by atoms with Crippen LogP contribution in [0.4, 0.5) is 4.39 Å². The Bertz CT molecular complexity index is 1290. The number of nitriles is 1. The van der Waals surface area contributed by atoms with Crippen molar-refractivity contribution in [2.24, 2.45) is 5.10 Å². The van der Waals surface area contributed by atoms with Crippen LogP contribution in [0.2, 0.25) is 0 Å². The SMILES string of the molecule is COc1cccc(/C=N/NC(=O)c2nn(-c3ccc(F)cc3)c(=O)c(C#N)c2C)c1OC. The van der Waals surface area contributed by atoms with Gasteiger partial charge in [-0.2, -0.15) is 20.1 Å². The molecule has 0 fully saturated rings. The highest BCUT2D eigenvalue weighted by Crippen LogP contribution is 2.29. The van der Waals surface area contributed by atoms with Crippen LogP contribution in [-0.2, 0) is 0 Å². The summed E-state index contributed by atoms with van der Waals surface area (Å²) < 4.78 is 24.6. The quantitative estimate of drug-likeness (QED) is 0.469. The number of hydrogen-bond acceptors (Lipinski definition) is 7. The summed E-state index contributed by atoms with van der Waals surface area (Å²) in [5.74, 6) is -0.327. The summed E-state index contributed by atoms with van der Waals surface area (Å²) in [5.41, 5.74) is 2.01. The molecule has 9 nitrogen and oxygen atoms in total. The monoisotopic (exact) mass is 435 g/mol. The van der Waals surface area contributed by atoms with E-state index in [1.165, 1.54) is 39.5 Å². The van der Waals surface area contributed by atoms with Crippen molar-refractivity contribution in [2.45, 2.75) is 6.92 Å². The molecule has 0 aliphatic heterocycles. The van der Waals surface area contributed by atoms with Crippen molar-refractivity contribution >= 4 is 12.1 Å². The van der Waals surface area contributed by atoms with Gasteiger partial charge in [0.2, 0.25) is 0 Å². The molecule has 3 aromatic rings. The van der Waals surface area contributed by atoms with Crippen molar-refractivity contribution in [3.63, 3.8) is 0 Å². The molecule has 32 heavy (non-hydrogen) atoms. The highest BCUT2D eigenvalue weighted by atomic mass is 19.1. The normalized spacial score (nSPS) is 10.6. The molecule has 0 bridgehead atoms. The van der Waals surface area contributed by atoms with Crippen molar-refractivity contribution in [1.29, 1.82) is 5.26 Å². The summed E-state index contributed by atoms with van der Waals surface area (Å²) in [6.45, 7) is 1.44. The zero-order valence-corrected chi connectivity index (χ0v) is 17.4. The van der Waals surface area contributed by atoms with Gasteiger partial charge in [0.25, 0.3) is 11.5 Å². The molecule has 0 atom stereocenters. The van der Waals surface area contributed by atoms with Crippen molar-refractivity contribution < 1.29 is 18.7 Å². The number of para-hydroxylation sites is 1. The number of carbonyl (C=O) groups excluding carboxylic acids is 1. The second kappa shape index (κ2) is 9.53. The van der Waals surface area contributed by atoms with Crippen LogP contribution in [0.3, 0.4) is 0 Å². The summed E-state index contributed by atoms with van der Waals surface area (Å²) in [4.78, 5) is 25.3. The summed E-state index contributed by atoms with van der Waals surface area (Å²) in [7, 11) is 2.97. The Hall–Kier alpha value is -4.52. The van der Waals surface area contributed by atoms with Gasteiger partial charge < -0.3 is 9.47 Å². The number of halogens is 1. The van der Waals surface area contributed by atoms with Crippen LogP contribution in [0.15, 0.2) is 52.4 Å². The van der Waals surface area contributed by atoms with Crippen LogP contribution >= 0.6 is 0 Å². The molecule has 10 heteroatoms. The Morgan fingerprint density at radius 2 is 1.94 bits per heavy atom. The van der Waals surface area contributed by atoms with E-state index in [9.17, 15) is 19.2 Å². The van der Waals surface area contributed by atoms with Crippen LogP contribution in [0.25, 0.3) is 5.69 Å². The largest absolute Gasteiger partial charge is 0.493 e. The van der Waals surface area contributed by atoms with Crippen LogP contribution in [0.1, 0.15) is 27.2 Å². The molecule has 1 N–H and O–H groups in total. The number of hydrogen-bond donors (Lipinski definition) is 1. The molecule has 0 aliphatic carbocycles. The average Bonchev–Trinajstić information content (AvgIpc) is 2.80. The lowest BCUT2D eigenvalue weighted by Gasteiger charge is -2.11. The number of nitrogens with zero attached hydrogens (tertiary/aromatic N) is 4. The van der Waals surface area contributed by atoms with Crippen LogP contribution < -0.4 is 20.5 Å². The Morgan fingerprint density at radius 1 is 1.22 bits per heavy atom. The first-order valence-corrected chi connectivity index (χ1v) is 9.25. The van der Waals surface area contributed by atoms with Gasteiger partial charge in [0.1, 0.15) is 17.4 Å². The van der Waals surface area contributed by atoms with E-state index in [2.05, 4.69) is 15.6 Å². The van der Waals surface area contributed by atoms with Gasteiger partial charge in [-0.3, -0.25) is 9.59 Å². The first-order chi connectivity index (χ1) is 15.4. The molecular formula is C22H18FN5O4. The topological polar surface area (TPSA) is 119 Å². The number of aromatic nitrogens is 2. The number of carbonyl (C=O) groups is 1. The van der Waals surface area contributed by atoms with Gasteiger partial charge >= 0.3 is 0 Å². The number of methoxy groups -OCH3 is 2.